The van der Waals surface area contributed by atoms with Crippen molar-refractivity contribution in [3.8, 4) is 11.1 Å². The van der Waals surface area contributed by atoms with Crippen LogP contribution in [-0.2, 0) is 16.1 Å². The van der Waals surface area contributed by atoms with Gasteiger partial charge >= 0.3 is 5.97 Å². The smallest absolute Gasteiger partial charge is 0.326 e. The summed E-state index contributed by atoms with van der Waals surface area (Å²) < 4.78 is 6.88. The van der Waals surface area contributed by atoms with Crippen LogP contribution in [-0.4, -0.2) is 21.6 Å². The number of benzene rings is 1. The first-order chi connectivity index (χ1) is 13.4. The van der Waals surface area contributed by atoms with Crippen LogP contribution in [0.15, 0.2) is 29.3 Å². The summed E-state index contributed by atoms with van der Waals surface area (Å²) in [5, 5.41) is 0.585. The van der Waals surface area contributed by atoms with E-state index in [1.165, 1.54) is 33.4 Å². The van der Waals surface area contributed by atoms with Crippen LogP contribution in [0.3, 0.4) is 0 Å². The van der Waals surface area contributed by atoms with Gasteiger partial charge in [-0.25, -0.2) is 4.98 Å². The first kappa shape index (κ1) is 18.9. The molecule has 2 aromatic heterocycles. The number of thiophene rings is 1. The van der Waals surface area contributed by atoms with E-state index in [1.807, 2.05) is 13.0 Å². The average molecular weight is 397 g/mol. The maximum Gasteiger partial charge on any atom is 0.326 e. The van der Waals surface area contributed by atoms with Gasteiger partial charge in [0.1, 0.15) is 17.5 Å². The molecule has 0 spiro atoms. The largest absolute Gasteiger partial charge is 0.461 e. The summed E-state index contributed by atoms with van der Waals surface area (Å²) in [7, 11) is 0. The zero-order chi connectivity index (χ0) is 19.8. The second kappa shape index (κ2) is 7.51. The van der Waals surface area contributed by atoms with Crippen molar-refractivity contribution >= 4 is 27.5 Å². The van der Waals surface area contributed by atoms with Gasteiger partial charge in [-0.15, -0.1) is 11.3 Å². The molecular weight excluding hydrogens is 372 g/mol. The fourth-order valence-electron chi connectivity index (χ4n) is 3.86. The van der Waals surface area contributed by atoms with Gasteiger partial charge in [0.05, 0.1) is 11.7 Å². The van der Waals surface area contributed by atoms with Gasteiger partial charge in [0.15, 0.2) is 0 Å². The van der Waals surface area contributed by atoms with Crippen LogP contribution in [0.2, 0.25) is 0 Å². The van der Waals surface area contributed by atoms with Gasteiger partial charge < -0.3 is 4.74 Å². The first-order valence-corrected chi connectivity index (χ1v) is 10.5. The molecule has 0 aliphatic heterocycles. The van der Waals surface area contributed by atoms with E-state index < -0.39 is 0 Å². The summed E-state index contributed by atoms with van der Waals surface area (Å²) in [4.78, 5) is 31.7. The Hall–Kier alpha value is -2.47. The molecule has 28 heavy (non-hydrogen) atoms. The molecule has 0 amide bonds. The van der Waals surface area contributed by atoms with E-state index in [4.69, 9.17) is 4.74 Å². The molecule has 0 unspecified atom stereocenters. The molecule has 2 heterocycles. The Kier molecular flexibility index (Phi) is 5.06. The summed E-state index contributed by atoms with van der Waals surface area (Å²) in [6, 6.07) is 6.22. The van der Waals surface area contributed by atoms with Crippen molar-refractivity contribution in [1.29, 1.82) is 0 Å². The van der Waals surface area contributed by atoms with Crippen LogP contribution in [0.5, 0.6) is 0 Å². The minimum absolute atomic E-state index is 0.00520. The van der Waals surface area contributed by atoms with Gasteiger partial charge in [-0.05, 0) is 63.1 Å². The Morgan fingerprint density at radius 3 is 2.68 bits per heavy atom. The minimum atomic E-state index is -0.366. The van der Waals surface area contributed by atoms with Crippen molar-refractivity contribution in [3.05, 3.63) is 50.9 Å². The molecule has 0 N–H and O–H groups in total. The third kappa shape index (κ3) is 3.49. The van der Waals surface area contributed by atoms with Crippen LogP contribution in [0.25, 0.3) is 21.3 Å². The highest BCUT2D eigenvalue weighted by molar-refractivity contribution is 7.19. The number of ether oxygens (including phenoxy) is 1. The Morgan fingerprint density at radius 1 is 1.21 bits per heavy atom. The maximum atomic E-state index is 13.2. The highest BCUT2D eigenvalue weighted by Crippen LogP contribution is 2.36. The van der Waals surface area contributed by atoms with Gasteiger partial charge in [-0.3, -0.25) is 14.2 Å². The number of carbonyl (C=O) groups excluding carboxylic acids is 1. The Balaban J connectivity index is 1.72. The topological polar surface area (TPSA) is 61.2 Å². The van der Waals surface area contributed by atoms with Crippen LogP contribution in [0.4, 0.5) is 0 Å². The van der Waals surface area contributed by atoms with Crippen molar-refractivity contribution in [2.24, 2.45) is 0 Å². The van der Waals surface area contributed by atoms with E-state index in [2.05, 4.69) is 31.0 Å². The molecule has 0 saturated heterocycles. The summed E-state index contributed by atoms with van der Waals surface area (Å²) in [6.45, 7) is 6.05. The van der Waals surface area contributed by atoms with Crippen LogP contribution in [0, 0.1) is 20.8 Å². The first-order valence-electron chi connectivity index (χ1n) is 9.69. The van der Waals surface area contributed by atoms with Crippen molar-refractivity contribution < 1.29 is 9.53 Å². The molecule has 4 rings (SSSR count). The number of nitrogens with zero attached hydrogens (tertiary/aromatic N) is 2. The number of rotatable bonds is 4. The lowest BCUT2D eigenvalue weighted by atomic mass is 9.99. The molecule has 146 valence electrons. The van der Waals surface area contributed by atoms with E-state index in [9.17, 15) is 9.59 Å². The fraction of sp³-hybridized carbons (Fsp3) is 0.409. The molecular formula is C22H24N2O3S. The molecule has 1 aliphatic rings. The molecule has 6 heteroatoms. The molecule has 0 radical (unpaired) electrons. The molecule has 1 saturated carbocycles. The third-order valence-corrected chi connectivity index (χ3v) is 6.56. The van der Waals surface area contributed by atoms with Crippen molar-refractivity contribution in [2.75, 3.05) is 0 Å². The SMILES string of the molecule is Cc1ccc(-c2c(C)sc3ncn(CC(=O)OC4CCCC4)c(=O)c23)cc1C. The Morgan fingerprint density at radius 2 is 1.96 bits per heavy atom. The minimum Gasteiger partial charge on any atom is -0.461 e. The molecule has 1 aliphatic carbocycles. The van der Waals surface area contributed by atoms with Crippen molar-refractivity contribution in [2.45, 2.75) is 59.1 Å². The van der Waals surface area contributed by atoms with Gasteiger partial charge in [0, 0.05) is 10.4 Å². The van der Waals surface area contributed by atoms with Crippen LogP contribution in [0.1, 0.15) is 41.7 Å². The van der Waals surface area contributed by atoms with Gasteiger partial charge in [-0.2, -0.15) is 0 Å². The normalized spacial score (nSPS) is 14.7. The van der Waals surface area contributed by atoms with Gasteiger partial charge in [-0.1, -0.05) is 18.2 Å². The third-order valence-electron chi connectivity index (χ3n) is 5.55. The maximum absolute atomic E-state index is 13.2. The number of hydrogen-bond donors (Lipinski definition) is 0. The molecule has 0 atom stereocenters. The highest BCUT2D eigenvalue weighted by atomic mass is 32.1. The predicted octanol–water partition coefficient (Wildman–Crippen LogP) is 4.54. The highest BCUT2D eigenvalue weighted by Gasteiger charge is 2.21. The molecule has 1 aromatic carbocycles. The zero-order valence-electron chi connectivity index (χ0n) is 16.4. The van der Waals surface area contributed by atoms with Gasteiger partial charge in [0.25, 0.3) is 5.56 Å². The van der Waals surface area contributed by atoms with E-state index in [-0.39, 0.29) is 24.2 Å². The van der Waals surface area contributed by atoms with E-state index in [1.54, 1.807) is 0 Å². The quantitative estimate of drug-likeness (QED) is 0.608. The predicted molar refractivity (Wildman–Crippen MR) is 112 cm³/mol. The second-order valence-electron chi connectivity index (χ2n) is 7.59. The van der Waals surface area contributed by atoms with E-state index >= 15 is 0 Å². The van der Waals surface area contributed by atoms with Crippen molar-refractivity contribution in [3.63, 3.8) is 0 Å². The number of aryl methyl sites for hydroxylation is 3. The fourth-order valence-corrected chi connectivity index (χ4v) is 4.87. The molecule has 3 aromatic rings. The van der Waals surface area contributed by atoms with Crippen LogP contribution < -0.4 is 5.56 Å². The number of esters is 1. The lowest BCUT2D eigenvalue weighted by Gasteiger charge is -2.12. The number of fused-ring (bicyclic) bond motifs is 1. The van der Waals surface area contributed by atoms with Crippen molar-refractivity contribution in [1.82, 2.24) is 9.55 Å². The Labute approximate surface area is 168 Å². The number of hydrogen-bond acceptors (Lipinski definition) is 5. The standard InChI is InChI=1S/C22H24N2O3S/c1-13-8-9-16(10-14(13)2)19-15(3)28-21-20(19)22(26)24(12-23-21)11-18(25)27-17-6-4-5-7-17/h8-10,12,17H,4-7,11H2,1-3H3. The second-order valence-corrected chi connectivity index (χ2v) is 8.79. The van der Waals surface area contributed by atoms with Crippen LogP contribution >= 0.6 is 11.3 Å². The Bertz CT molecular complexity index is 1110. The lowest BCUT2D eigenvalue weighted by Crippen LogP contribution is -2.27. The van der Waals surface area contributed by atoms with E-state index in [0.717, 1.165) is 41.7 Å². The molecule has 1 fully saturated rings. The summed E-state index contributed by atoms with van der Waals surface area (Å²) in [5.41, 5.74) is 4.13. The van der Waals surface area contributed by atoms with Gasteiger partial charge in [0.2, 0.25) is 0 Å². The number of carbonyl (C=O) groups is 1. The lowest BCUT2D eigenvalue weighted by molar-refractivity contribution is -0.149. The molecule has 0 bridgehead atoms. The summed E-state index contributed by atoms with van der Waals surface area (Å²) in [6.07, 6.45) is 5.48. The van der Waals surface area contributed by atoms with E-state index in [0.29, 0.717) is 10.2 Å². The monoisotopic (exact) mass is 396 g/mol. The molecule has 5 nitrogen and oxygen atoms in total. The number of aromatic nitrogens is 2. The average Bonchev–Trinajstić information content (AvgIpc) is 3.27. The summed E-state index contributed by atoms with van der Waals surface area (Å²) >= 11 is 1.51. The zero-order valence-corrected chi connectivity index (χ0v) is 17.3. The summed E-state index contributed by atoms with van der Waals surface area (Å²) in [5.74, 6) is -0.366.